The number of thioether (sulfide) groups is 1. The summed E-state index contributed by atoms with van der Waals surface area (Å²) in [5.74, 6) is 1.79. The van der Waals surface area contributed by atoms with Gasteiger partial charge >= 0.3 is 5.97 Å². The zero-order valence-corrected chi connectivity index (χ0v) is 17.4. The summed E-state index contributed by atoms with van der Waals surface area (Å²) < 4.78 is 5.09. The molecule has 0 unspecified atom stereocenters. The first kappa shape index (κ1) is 21.3. The second kappa shape index (κ2) is 11.6. The number of hydrogen-bond donors (Lipinski definition) is 2. The number of thiocarbonyl (C=S) groups is 1. The number of anilines is 1. The summed E-state index contributed by atoms with van der Waals surface area (Å²) in [6.07, 6.45) is 1.03. The van der Waals surface area contributed by atoms with Crippen molar-refractivity contribution >= 4 is 40.7 Å². The molecule has 6 heteroatoms. The number of rotatable bonds is 9. The lowest BCUT2D eigenvalue weighted by atomic mass is 10.1. The Bertz CT molecular complexity index is 751. The van der Waals surface area contributed by atoms with E-state index in [2.05, 4.69) is 34.9 Å². The number of hydrogen-bond acceptors (Lipinski definition) is 4. The monoisotopic (exact) mass is 402 g/mol. The molecule has 0 aliphatic carbocycles. The van der Waals surface area contributed by atoms with Crippen LogP contribution in [0.1, 0.15) is 34.8 Å². The first-order valence-corrected chi connectivity index (χ1v) is 10.6. The molecule has 0 aliphatic rings. The molecule has 0 radical (unpaired) electrons. The second-order valence-corrected chi connectivity index (χ2v) is 7.48. The average molecular weight is 403 g/mol. The highest BCUT2D eigenvalue weighted by atomic mass is 32.2. The number of carbonyl (C=O) groups is 1. The minimum Gasteiger partial charge on any atom is -0.462 e. The summed E-state index contributed by atoms with van der Waals surface area (Å²) in [5, 5.41) is 6.95. The lowest BCUT2D eigenvalue weighted by Gasteiger charge is -2.14. The van der Waals surface area contributed by atoms with Crippen LogP contribution < -0.4 is 10.6 Å². The fourth-order valence-corrected chi connectivity index (χ4v) is 3.64. The molecule has 2 N–H and O–H groups in total. The SMILES string of the molecule is CCOC(=O)c1cccc(NC(=S)NCCCSCc2ccccc2)c1C. The number of nitrogens with one attached hydrogen (secondary N) is 2. The van der Waals surface area contributed by atoms with Crippen LogP contribution in [0.3, 0.4) is 0 Å². The molecule has 0 aromatic heterocycles. The van der Waals surface area contributed by atoms with Crippen LogP contribution in [0.4, 0.5) is 5.69 Å². The molecule has 2 aromatic rings. The van der Waals surface area contributed by atoms with Crippen molar-refractivity contribution in [2.75, 3.05) is 24.2 Å². The number of ether oxygens (including phenoxy) is 1. The van der Waals surface area contributed by atoms with Gasteiger partial charge in [-0.3, -0.25) is 0 Å². The van der Waals surface area contributed by atoms with E-state index in [0.717, 1.165) is 35.7 Å². The average Bonchev–Trinajstić information content (AvgIpc) is 2.67. The van der Waals surface area contributed by atoms with Crippen molar-refractivity contribution < 1.29 is 9.53 Å². The highest BCUT2D eigenvalue weighted by molar-refractivity contribution is 7.98. The number of benzene rings is 2. The van der Waals surface area contributed by atoms with Crippen molar-refractivity contribution in [1.82, 2.24) is 5.32 Å². The van der Waals surface area contributed by atoms with E-state index >= 15 is 0 Å². The van der Waals surface area contributed by atoms with E-state index in [9.17, 15) is 4.79 Å². The lowest BCUT2D eigenvalue weighted by molar-refractivity contribution is 0.0525. The molecule has 0 saturated heterocycles. The van der Waals surface area contributed by atoms with Gasteiger partial charge < -0.3 is 15.4 Å². The van der Waals surface area contributed by atoms with Crippen LogP contribution in [0, 0.1) is 6.92 Å². The van der Waals surface area contributed by atoms with Crippen LogP contribution in [0.5, 0.6) is 0 Å². The van der Waals surface area contributed by atoms with Crippen molar-refractivity contribution in [2.45, 2.75) is 26.0 Å². The molecule has 0 spiro atoms. The smallest absolute Gasteiger partial charge is 0.338 e. The highest BCUT2D eigenvalue weighted by Gasteiger charge is 2.12. The van der Waals surface area contributed by atoms with E-state index in [4.69, 9.17) is 17.0 Å². The normalized spacial score (nSPS) is 10.3. The molecule has 0 aliphatic heterocycles. The molecule has 0 saturated carbocycles. The van der Waals surface area contributed by atoms with Crippen LogP contribution in [-0.2, 0) is 10.5 Å². The third-order valence-corrected chi connectivity index (χ3v) is 5.30. The molecule has 0 heterocycles. The summed E-state index contributed by atoms with van der Waals surface area (Å²) in [7, 11) is 0. The van der Waals surface area contributed by atoms with Gasteiger partial charge in [-0.25, -0.2) is 4.79 Å². The Kier molecular flexibility index (Phi) is 9.15. The van der Waals surface area contributed by atoms with Gasteiger partial charge in [-0.15, -0.1) is 0 Å². The summed E-state index contributed by atoms with van der Waals surface area (Å²) >= 11 is 7.28. The molecule has 0 atom stereocenters. The Morgan fingerprint density at radius 2 is 1.93 bits per heavy atom. The van der Waals surface area contributed by atoms with Crippen molar-refractivity contribution in [2.24, 2.45) is 0 Å². The zero-order chi connectivity index (χ0) is 19.5. The summed E-state index contributed by atoms with van der Waals surface area (Å²) in [6, 6.07) is 16.0. The quantitative estimate of drug-likeness (QED) is 0.358. The molecule has 144 valence electrons. The molecular formula is C21H26N2O2S2. The van der Waals surface area contributed by atoms with E-state index in [0.29, 0.717) is 17.3 Å². The largest absolute Gasteiger partial charge is 0.462 e. The third kappa shape index (κ3) is 7.23. The van der Waals surface area contributed by atoms with Gasteiger partial charge in [0.1, 0.15) is 0 Å². The molecule has 0 fully saturated rings. The van der Waals surface area contributed by atoms with Crippen molar-refractivity contribution in [3.8, 4) is 0 Å². The second-order valence-electron chi connectivity index (χ2n) is 5.97. The number of esters is 1. The Balaban J connectivity index is 1.71. The first-order chi connectivity index (χ1) is 13.1. The minimum absolute atomic E-state index is 0.312. The molecule has 4 nitrogen and oxygen atoms in total. The Morgan fingerprint density at radius 1 is 1.15 bits per heavy atom. The van der Waals surface area contributed by atoms with Gasteiger partial charge in [0.25, 0.3) is 0 Å². The van der Waals surface area contributed by atoms with Gasteiger partial charge in [-0.05, 0) is 61.5 Å². The maximum atomic E-state index is 12.0. The van der Waals surface area contributed by atoms with Crippen LogP contribution in [0.25, 0.3) is 0 Å². The predicted molar refractivity (Wildman–Crippen MR) is 119 cm³/mol. The van der Waals surface area contributed by atoms with E-state index in [1.807, 2.05) is 36.9 Å². The fraction of sp³-hybridized carbons (Fsp3) is 0.333. The van der Waals surface area contributed by atoms with Gasteiger partial charge in [0, 0.05) is 18.0 Å². The van der Waals surface area contributed by atoms with Gasteiger partial charge in [0.2, 0.25) is 0 Å². The Hall–Kier alpha value is -2.05. The standard InChI is InChI=1S/C21H26N2O2S2/c1-3-25-20(24)18-11-7-12-19(16(18)2)23-21(26)22-13-8-14-27-15-17-9-5-4-6-10-17/h4-7,9-12H,3,8,13-15H2,1-2H3,(H2,22,23,26). The molecule has 0 bridgehead atoms. The molecule has 2 rings (SSSR count). The van der Waals surface area contributed by atoms with E-state index < -0.39 is 0 Å². The maximum absolute atomic E-state index is 12.0. The van der Waals surface area contributed by atoms with E-state index in [1.54, 1.807) is 13.0 Å². The Morgan fingerprint density at radius 3 is 2.67 bits per heavy atom. The number of carbonyl (C=O) groups excluding carboxylic acids is 1. The first-order valence-electron chi connectivity index (χ1n) is 9.05. The molecule has 2 aromatic carbocycles. The summed E-state index contributed by atoms with van der Waals surface area (Å²) in [6.45, 7) is 4.85. The van der Waals surface area contributed by atoms with Crippen molar-refractivity contribution in [3.63, 3.8) is 0 Å². The summed E-state index contributed by atoms with van der Waals surface area (Å²) in [4.78, 5) is 12.0. The van der Waals surface area contributed by atoms with E-state index in [-0.39, 0.29) is 5.97 Å². The highest BCUT2D eigenvalue weighted by Crippen LogP contribution is 2.20. The zero-order valence-electron chi connectivity index (χ0n) is 15.8. The van der Waals surface area contributed by atoms with Crippen molar-refractivity contribution in [3.05, 3.63) is 65.2 Å². The van der Waals surface area contributed by atoms with Crippen LogP contribution in [0.15, 0.2) is 48.5 Å². The van der Waals surface area contributed by atoms with Crippen LogP contribution >= 0.6 is 24.0 Å². The topological polar surface area (TPSA) is 50.4 Å². The third-order valence-electron chi connectivity index (χ3n) is 3.94. The maximum Gasteiger partial charge on any atom is 0.338 e. The molecule has 27 heavy (non-hydrogen) atoms. The van der Waals surface area contributed by atoms with Gasteiger partial charge in [0.15, 0.2) is 5.11 Å². The molecule has 0 amide bonds. The summed E-state index contributed by atoms with van der Waals surface area (Å²) in [5.41, 5.74) is 3.56. The van der Waals surface area contributed by atoms with Gasteiger partial charge in [-0.2, -0.15) is 11.8 Å². The Labute approximate surface area is 171 Å². The van der Waals surface area contributed by atoms with Crippen molar-refractivity contribution in [1.29, 1.82) is 0 Å². The predicted octanol–water partition coefficient (Wildman–Crippen LogP) is 4.78. The van der Waals surface area contributed by atoms with E-state index in [1.165, 1.54) is 5.56 Å². The lowest BCUT2D eigenvalue weighted by Crippen LogP contribution is -2.30. The molecular weight excluding hydrogens is 376 g/mol. The van der Waals surface area contributed by atoms with Gasteiger partial charge in [-0.1, -0.05) is 36.4 Å². The van der Waals surface area contributed by atoms with Gasteiger partial charge in [0.05, 0.1) is 12.2 Å². The van der Waals surface area contributed by atoms with Crippen LogP contribution in [-0.4, -0.2) is 30.0 Å². The van der Waals surface area contributed by atoms with Crippen LogP contribution in [0.2, 0.25) is 0 Å². The fourth-order valence-electron chi connectivity index (χ4n) is 2.51. The minimum atomic E-state index is -0.312.